The lowest BCUT2D eigenvalue weighted by atomic mass is 10.2. The van der Waals surface area contributed by atoms with Gasteiger partial charge in [0, 0.05) is 11.9 Å². The van der Waals surface area contributed by atoms with E-state index in [2.05, 4.69) is 15.6 Å². The van der Waals surface area contributed by atoms with Crippen LogP contribution >= 0.6 is 0 Å². The minimum atomic E-state index is -0.242. The summed E-state index contributed by atoms with van der Waals surface area (Å²) in [5.41, 5.74) is 2.62. The van der Waals surface area contributed by atoms with E-state index in [0.717, 1.165) is 11.4 Å². The molecule has 6 heteroatoms. The monoisotopic (exact) mass is 377 g/mol. The first kappa shape index (κ1) is 19.2. The van der Waals surface area contributed by atoms with Gasteiger partial charge in [0.2, 0.25) is 0 Å². The highest BCUT2D eigenvalue weighted by atomic mass is 16.5. The van der Waals surface area contributed by atoms with Gasteiger partial charge in [0.05, 0.1) is 36.3 Å². The highest BCUT2D eigenvalue weighted by Gasteiger charge is 2.09. The van der Waals surface area contributed by atoms with E-state index in [0.29, 0.717) is 22.7 Å². The Balaban J connectivity index is 1.70. The zero-order valence-corrected chi connectivity index (χ0v) is 16.1. The van der Waals surface area contributed by atoms with E-state index in [-0.39, 0.29) is 12.0 Å². The summed E-state index contributed by atoms with van der Waals surface area (Å²) in [5, 5.41) is 6.09. The van der Waals surface area contributed by atoms with Gasteiger partial charge in [-0.05, 0) is 56.3 Å². The zero-order valence-electron chi connectivity index (χ0n) is 16.1. The number of pyridine rings is 1. The first-order chi connectivity index (χ1) is 13.5. The summed E-state index contributed by atoms with van der Waals surface area (Å²) in [6.07, 6.45) is 3.28. The molecule has 0 aliphatic carbocycles. The number of amides is 1. The number of rotatable bonds is 7. The summed E-state index contributed by atoms with van der Waals surface area (Å²) in [4.78, 5) is 16.7. The van der Waals surface area contributed by atoms with Crippen LogP contribution in [0.5, 0.6) is 11.5 Å². The highest BCUT2D eigenvalue weighted by Crippen LogP contribution is 2.27. The molecule has 6 nitrogen and oxygen atoms in total. The van der Waals surface area contributed by atoms with Gasteiger partial charge in [-0.15, -0.1) is 0 Å². The number of benzene rings is 2. The van der Waals surface area contributed by atoms with E-state index in [1.165, 1.54) is 6.20 Å². The van der Waals surface area contributed by atoms with Crippen LogP contribution in [0.2, 0.25) is 0 Å². The van der Waals surface area contributed by atoms with Crippen LogP contribution in [0.4, 0.5) is 17.1 Å². The van der Waals surface area contributed by atoms with Crippen molar-refractivity contribution in [2.75, 3.05) is 17.7 Å². The van der Waals surface area contributed by atoms with Crippen molar-refractivity contribution in [1.82, 2.24) is 4.98 Å². The molecule has 0 atom stereocenters. The Labute approximate surface area is 164 Å². The lowest BCUT2D eigenvalue weighted by Gasteiger charge is -2.12. The molecule has 3 aromatic rings. The maximum atomic E-state index is 12.6. The van der Waals surface area contributed by atoms with Crippen LogP contribution in [0.25, 0.3) is 0 Å². The number of methoxy groups -OCH3 is 1. The molecule has 0 spiro atoms. The summed E-state index contributed by atoms with van der Waals surface area (Å²) in [6.45, 7) is 3.93. The number of nitrogens with zero attached hydrogens (tertiary/aromatic N) is 1. The third-order valence-electron chi connectivity index (χ3n) is 3.87. The lowest BCUT2D eigenvalue weighted by Crippen LogP contribution is -2.12. The number of carbonyl (C=O) groups is 1. The minimum Gasteiger partial charge on any atom is -0.495 e. The van der Waals surface area contributed by atoms with Crippen LogP contribution in [0.3, 0.4) is 0 Å². The van der Waals surface area contributed by atoms with Crippen LogP contribution in [0.1, 0.15) is 24.2 Å². The average Bonchev–Trinajstić information content (AvgIpc) is 2.70. The van der Waals surface area contributed by atoms with Crippen LogP contribution in [0, 0.1) is 0 Å². The fourth-order valence-electron chi connectivity index (χ4n) is 2.63. The van der Waals surface area contributed by atoms with Crippen LogP contribution in [-0.4, -0.2) is 24.1 Å². The van der Waals surface area contributed by atoms with Crippen molar-refractivity contribution in [3.05, 3.63) is 72.6 Å². The Hall–Kier alpha value is -3.54. The lowest BCUT2D eigenvalue weighted by molar-refractivity contribution is 0.102. The maximum absolute atomic E-state index is 12.6. The number of carbonyl (C=O) groups excluding carboxylic acids is 1. The topological polar surface area (TPSA) is 72.5 Å². The molecule has 2 N–H and O–H groups in total. The van der Waals surface area contributed by atoms with Crippen molar-refractivity contribution in [1.29, 1.82) is 0 Å². The SMILES string of the molecule is COc1ccccc1Nc1cncc(C(=O)Nc2ccc(OC(C)C)cc2)c1. The number of hydrogen-bond donors (Lipinski definition) is 2. The summed E-state index contributed by atoms with van der Waals surface area (Å²) < 4.78 is 10.9. The van der Waals surface area contributed by atoms with E-state index in [1.807, 2.05) is 50.2 Å². The average molecular weight is 377 g/mol. The zero-order chi connectivity index (χ0) is 19.9. The van der Waals surface area contributed by atoms with Gasteiger partial charge < -0.3 is 20.1 Å². The van der Waals surface area contributed by atoms with Gasteiger partial charge in [-0.3, -0.25) is 9.78 Å². The molecule has 0 aliphatic rings. The van der Waals surface area contributed by atoms with E-state index < -0.39 is 0 Å². The molecule has 0 saturated carbocycles. The third kappa shape index (κ3) is 5.01. The molecule has 0 aliphatic heterocycles. The quantitative estimate of drug-likeness (QED) is 0.614. The summed E-state index contributed by atoms with van der Waals surface area (Å²) in [7, 11) is 1.61. The Kier molecular flexibility index (Phi) is 6.11. The number of nitrogens with one attached hydrogen (secondary N) is 2. The number of aromatic nitrogens is 1. The molecule has 3 rings (SSSR count). The van der Waals surface area contributed by atoms with E-state index in [1.54, 1.807) is 31.5 Å². The molecule has 0 unspecified atom stereocenters. The first-order valence-electron chi connectivity index (χ1n) is 8.98. The highest BCUT2D eigenvalue weighted by molar-refractivity contribution is 6.04. The predicted octanol–water partition coefficient (Wildman–Crippen LogP) is 4.87. The van der Waals surface area contributed by atoms with Crippen molar-refractivity contribution in [2.24, 2.45) is 0 Å². The fraction of sp³-hybridized carbons (Fsp3) is 0.182. The smallest absolute Gasteiger partial charge is 0.257 e. The molecule has 144 valence electrons. The number of hydrogen-bond acceptors (Lipinski definition) is 5. The Morgan fingerprint density at radius 2 is 1.75 bits per heavy atom. The Morgan fingerprint density at radius 1 is 1.00 bits per heavy atom. The molecule has 0 bridgehead atoms. The number of para-hydroxylation sites is 2. The van der Waals surface area contributed by atoms with Crippen molar-refractivity contribution in [3.8, 4) is 11.5 Å². The van der Waals surface area contributed by atoms with Crippen molar-refractivity contribution < 1.29 is 14.3 Å². The molecule has 0 saturated heterocycles. The molecule has 1 amide bonds. The largest absolute Gasteiger partial charge is 0.495 e. The molecule has 28 heavy (non-hydrogen) atoms. The first-order valence-corrected chi connectivity index (χ1v) is 8.98. The summed E-state index contributed by atoms with van der Waals surface area (Å²) >= 11 is 0. The summed E-state index contributed by atoms with van der Waals surface area (Å²) in [5.74, 6) is 1.23. The van der Waals surface area contributed by atoms with Gasteiger partial charge in [0.1, 0.15) is 11.5 Å². The summed E-state index contributed by atoms with van der Waals surface area (Å²) in [6, 6.07) is 16.6. The second kappa shape index (κ2) is 8.90. The minimum absolute atomic E-state index is 0.102. The maximum Gasteiger partial charge on any atom is 0.257 e. The molecule has 2 aromatic carbocycles. The van der Waals surface area contributed by atoms with Crippen molar-refractivity contribution in [3.63, 3.8) is 0 Å². The van der Waals surface area contributed by atoms with E-state index in [9.17, 15) is 4.79 Å². The van der Waals surface area contributed by atoms with Gasteiger partial charge in [-0.2, -0.15) is 0 Å². The molecular weight excluding hydrogens is 354 g/mol. The fourth-order valence-corrected chi connectivity index (χ4v) is 2.63. The van der Waals surface area contributed by atoms with E-state index >= 15 is 0 Å². The van der Waals surface area contributed by atoms with E-state index in [4.69, 9.17) is 9.47 Å². The normalized spacial score (nSPS) is 10.4. The molecule has 1 heterocycles. The van der Waals surface area contributed by atoms with Gasteiger partial charge in [-0.1, -0.05) is 12.1 Å². The van der Waals surface area contributed by atoms with Gasteiger partial charge in [-0.25, -0.2) is 0 Å². The third-order valence-corrected chi connectivity index (χ3v) is 3.87. The predicted molar refractivity (Wildman–Crippen MR) is 111 cm³/mol. The molecule has 0 radical (unpaired) electrons. The second-order valence-corrected chi connectivity index (χ2v) is 6.43. The van der Waals surface area contributed by atoms with Crippen LogP contribution in [0.15, 0.2) is 67.0 Å². The molecular formula is C22H23N3O3. The standard InChI is InChI=1S/C22H23N3O3/c1-15(2)28-19-10-8-17(9-11-19)25-22(26)16-12-18(14-23-13-16)24-20-6-4-5-7-21(20)27-3/h4-15,24H,1-3H3,(H,25,26). The van der Waals surface area contributed by atoms with Gasteiger partial charge in [0.15, 0.2) is 0 Å². The van der Waals surface area contributed by atoms with Gasteiger partial charge in [0.25, 0.3) is 5.91 Å². The number of anilines is 3. The van der Waals surface area contributed by atoms with Crippen molar-refractivity contribution >= 4 is 23.0 Å². The van der Waals surface area contributed by atoms with Gasteiger partial charge >= 0.3 is 0 Å². The molecule has 0 fully saturated rings. The van der Waals surface area contributed by atoms with Crippen molar-refractivity contribution in [2.45, 2.75) is 20.0 Å². The Bertz CT molecular complexity index is 940. The second-order valence-electron chi connectivity index (χ2n) is 6.43. The van der Waals surface area contributed by atoms with Crippen LogP contribution in [-0.2, 0) is 0 Å². The molecule has 1 aromatic heterocycles. The van der Waals surface area contributed by atoms with Crippen LogP contribution < -0.4 is 20.1 Å². The Morgan fingerprint density at radius 3 is 2.46 bits per heavy atom. The number of ether oxygens (including phenoxy) is 2.